The summed E-state index contributed by atoms with van der Waals surface area (Å²) in [6.07, 6.45) is 12.3. The topological polar surface area (TPSA) is 3.24 Å². The molecule has 0 amide bonds. The largest absolute Gasteiger partial charge is 0.300 e. The molecule has 2 heteroatoms. The predicted molar refractivity (Wildman–Crippen MR) is 73.3 cm³/mol. The molecular weight excluding hydrogens is 218 g/mol. The van der Waals surface area contributed by atoms with Crippen LogP contribution < -0.4 is 0 Å². The summed E-state index contributed by atoms with van der Waals surface area (Å²) in [4.78, 5) is 2.74. The molecule has 0 aromatic heterocycles. The van der Waals surface area contributed by atoms with Crippen LogP contribution in [0.15, 0.2) is 0 Å². The van der Waals surface area contributed by atoms with Crippen LogP contribution in [-0.4, -0.2) is 29.9 Å². The van der Waals surface area contributed by atoms with Crippen molar-refractivity contribution < 1.29 is 0 Å². The van der Waals surface area contributed by atoms with Crippen LogP contribution in [0.25, 0.3) is 0 Å². The summed E-state index contributed by atoms with van der Waals surface area (Å²) < 4.78 is 0. The SMILES string of the molecule is CCCC1CCCCN1CCCCCCCl. The normalized spacial score (nSPS) is 22.5. The fraction of sp³-hybridized carbons (Fsp3) is 1.00. The number of piperidine rings is 1. The maximum absolute atomic E-state index is 5.68. The summed E-state index contributed by atoms with van der Waals surface area (Å²) in [6.45, 7) is 4.99. The second-order valence-corrected chi connectivity index (χ2v) is 5.46. The van der Waals surface area contributed by atoms with Crippen LogP contribution in [0.1, 0.15) is 64.7 Å². The number of rotatable bonds is 8. The molecule has 1 heterocycles. The average Bonchev–Trinajstić information content (AvgIpc) is 2.31. The van der Waals surface area contributed by atoms with Gasteiger partial charge in [-0.15, -0.1) is 11.6 Å². The van der Waals surface area contributed by atoms with Gasteiger partial charge >= 0.3 is 0 Å². The van der Waals surface area contributed by atoms with E-state index in [0.717, 1.165) is 11.9 Å². The van der Waals surface area contributed by atoms with Crippen LogP contribution in [-0.2, 0) is 0 Å². The highest BCUT2D eigenvalue weighted by molar-refractivity contribution is 6.17. The average molecular weight is 246 g/mol. The lowest BCUT2D eigenvalue weighted by Crippen LogP contribution is -2.39. The van der Waals surface area contributed by atoms with Crippen molar-refractivity contribution in [2.24, 2.45) is 0 Å². The van der Waals surface area contributed by atoms with E-state index in [9.17, 15) is 0 Å². The van der Waals surface area contributed by atoms with Gasteiger partial charge in [0.1, 0.15) is 0 Å². The summed E-state index contributed by atoms with van der Waals surface area (Å²) in [5.74, 6) is 0.835. The van der Waals surface area contributed by atoms with Crippen molar-refractivity contribution in [3.8, 4) is 0 Å². The standard InChI is InChI=1S/C14H28ClN/c1-2-9-14-10-5-8-13-16(14)12-7-4-3-6-11-15/h14H,2-13H2,1H3. The molecule has 0 N–H and O–H groups in total. The Hall–Kier alpha value is 0.250. The molecule has 0 radical (unpaired) electrons. The molecule has 1 rings (SSSR count). The Morgan fingerprint density at radius 2 is 1.94 bits per heavy atom. The molecule has 1 saturated heterocycles. The Labute approximate surface area is 107 Å². The second kappa shape index (κ2) is 9.30. The first-order valence-electron chi connectivity index (χ1n) is 7.18. The first-order chi connectivity index (χ1) is 7.88. The van der Waals surface area contributed by atoms with Crippen molar-refractivity contribution in [1.29, 1.82) is 0 Å². The number of likely N-dealkylation sites (tertiary alicyclic amines) is 1. The highest BCUT2D eigenvalue weighted by atomic mass is 35.5. The first-order valence-corrected chi connectivity index (χ1v) is 7.72. The number of hydrogen-bond acceptors (Lipinski definition) is 1. The van der Waals surface area contributed by atoms with Crippen LogP contribution in [0.3, 0.4) is 0 Å². The highest BCUT2D eigenvalue weighted by Crippen LogP contribution is 2.21. The summed E-state index contributed by atoms with van der Waals surface area (Å²) >= 11 is 5.68. The van der Waals surface area contributed by atoms with E-state index in [-0.39, 0.29) is 0 Å². The van der Waals surface area contributed by atoms with Crippen LogP contribution in [0.5, 0.6) is 0 Å². The zero-order valence-corrected chi connectivity index (χ0v) is 11.6. The lowest BCUT2D eigenvalue weighted by molar-refractivity contribution is 0.137. The van der Waals surface area contributed by atoms with Gasteiger partial charge in [-0.05, 0) is 45.2 Å². The third-order valence-corrected chi connectivity index (χ3v) is 3.97. The van der Waals surface area contributed by atoms with Crippen LogP contribution >= 0.6 is 11.6 Å². The number of nitrogens with zero attached hydrogens (tertiary/aromatic N) is 1. The van der Waals surface area contributed by atoms with E-state index in [4.69, 9.17) is 11.6 Å². The fourth-order valence-corrected chi connectivity index (χ4v) is 2.97. The second-order valence-electron chi connectivity index (χ2n) is 5.08. The van der Waals surface area contributed by atoms with E-state index in [1.165, 1.54) is 70.9 Å². The lowest BCUT2D eigenvalue weighted by Gasteiger charge is -2.35. The zero-order chi connectivity index (χ0) is 11.6. The van der Waals surface area contributed by atoms with Gasteiger partial charge < -0.3 is 4.90 Å². The predicted octanol–water partition coefficient (Wildman–Crippen LogP) is 4.44. The van der Waals surface area contributed by atoms with Gasteiger partial charge in [0.2, 0.25) is 0 Å². The Bertz CT molecular complexity index is 159. The van der Waals surface area contributed by atoms with E-state index in [0.29, 0.717) is 0 Å². The molecule has 0 bridgehead atoms. The van der Waals surface area contributed by atoms with Gasteiger partial charge in [-0.1, -0.05) is 32.6 Å². The minimum atomic E-state index is 0.835. The molecule has 0 aromatic carbocycles. The van der Waals surface area contributed by atoms with Crippen LogP contribution in [0, 0.1) is 0 Å². The van der Waals surface area contributed by atoms with E-state index in [2.05, 4.69) is 11.8 Å². The molecule has 0 aliphatic carbocycles. The Morgan fingerprint density at radius 1 is 1.12 bits per heavy atom. The zero-order valence-electron chi connectivity index (χ0n) is 10.9. The molecule has 1 aliphatic rings. The molecule has 1 aliphatic heterocycles. The molecule has 96 valence electrons. The first kappa shape index (κ1) is 14.3. The van der Waals surface area contributed by atoms with Crippen molar-refractivity contribution in [2.45, 2.75) is 70.8 Å². The van der Waals surface area contributed by atoms with Crippen molar-refractivity contribution in [3.05, 3.63) is 0 Å². The molecular formula is C14H28ClN. The smallest absolute Gasteiger partial charge is 0.0223 e. The van der Waals surface area contributed by atoms with E-state index >= 15 is 0 Å². The summed E-state index contributed by atoms with van der Waals surface area (Å²) in [7, 11) is 0. The Morgan fingerprint density at radius 3 is 2.69 bits per heavy atom. The van der Waals surface area contributed by atoms with E-state index in [1.807, 2.05) is 0 Å². The molecule has 16 heavy (non-hydrogen) atoms. The number of hydrogen-bond donors (Lipinski definition) is 0. The van der Waals surface area contributed by atoms with Crippen LogP contribution in [0.4, 0.5) is 0 Å². The number of unbranched alkanes of at least 4 members (excludes halogenated alkanes) is 3. The minimum Gasteiger partial charge on any atom is -0.300 e. The van der Waals surface area contributed by atoms with Gasteiger partial charge in [0.25, 0.3) is 0 Å². The minimum absolute atomic E-state index is 0.835. The fourth-order valence-electron chi connectivity index (χ4n) is 2.78. The molecule has 1 fully saturated rings. The van der Waals surface area contributed by atoms with Crippen molar-refractivity contribution in [2.75, 3.05) is 19.0 Å². The maximum atomic E-state index is 5.68. The van der Waals surface area contributed by atoms with Gasteiger partial charge in [0, 0.05) is 11.9 Å². The molecule has 0 saturated carbocycles. The van der Waals surface area contributed by atoms with Gasteiger partial charge in [-0.3, -0.25) is 0 Å². The van der Waals surface area contributed by atoms with E-state index in [1.54, 1.807) is 0 Å². The molecule has 1 unspecified atom stereocenters. The van der Waals surface area contributed by atoms with Gasteiger partial charge in [-0.2, -0.15) is 0 Å². The summed E-state index contributed by atoms with van der Waals surface area (Å²) in [6, 6.07) is 0.895. The lowest BCUT2D eigenvalue weighted by atomic mass is 9.98. The third-order valence-electron chi connectivity index (χ3n) is 3.70. The number of alkyl halides is 1. The van der Waals surface area contributed by atoms with E-state index < -0.39 is 0 Å². The monoisotopic (exact) mass is 245 g/mol. The summed E-state index contributed by atoms with van der Waals surface area (Å²) in [5.41, 5.74) is 0. The quantitative estimate of drug-likeness (QED) is 0.451. The number of halogens is 1. The van der Waals surface area contributed by atoms with Crippen molar-refractivity contribution >= 4 is 11.6 Å². The van der Waals surface area contributed by atoms with Gasteiger partial charge in [-0.25, -0.2) is 0 Å². The molecule has 1 atom stereocenters. The molecule has 0 aromatic rings. The Kier molecular flexibility index (Phi) is 8.32. The van der Waals surface area contributed by atoms with Crippen molar-refractivity contribution in [3.63, 3.8) is 0 Å². The molecule has 0 spiro atoms. The molecule has 1 nitrogen and oxygen atoms in total. The highest BCUT2D eigenvalue weighted by Gasteiger charge is 2.20. The van der Waals surface area contributed by atoms with Crippen molar-refractivity contribution in [1.82, 2.24) is 4.90 Å². The Balaban J connectivity index is 2.11. The summed E-state index contributed by atoms with van der Waals surface area (Å²) in [5, 5.41) is 0. The van der Waals surface area contributed by atoms with Crippen LogP contribution in [0.2, 0.25) is 0 Å². The third kappa shape index (κ3) is 5.54. The van der Waals surface area contributed by atoms with Gasteiger partial charge in [0.05, 0.1) is 0 Å². The van der Waals surface area contributed by atoms with Gasteiger partial charge in [0.15, 0.2) is 0 Å². The maximum Gasteiger partial charge on any atom is 0.0223 e.